The Kier molecular flexibility index (Phi) is 4.06. The molecule has 0 bridgehead atoms. The number of aromatic amines is 1. The van der Waals surface area contributed by atoms with E-state index in [-0.39, 0.29) is 0 Å². The van der Waals surface area contributed by atoms with Gasteiger partial charge in [0.05, 0.1) is 21.3 Å². The fourth-order valence-electron chi connectivity index (χ4n) is 3.40. The molecule has 0 saturated carbocycles. The third kappa shape index (κ3) is 2.73. The number of aromatic nitrogens is 2. The lowest BCUT2D eigenvalue weighted by atomic mass is 10.1. The molecule has 0 aliphatic carbocycles. The van der Waals surface area contributed by atoms with E-state index >= 15 is 0 Å². The molecule has 4 rings (SSSR count). The second-order valence-electron chi connectivity index (χ2n) is 6.07. The molecule has 1 aliphatic rings. The molecular weight excluding hydrogens is 361 g/mol. The van der Waals surface area contributed by atoms with Gasteiger partial charge in [-0.1, -0.05) is 23.2 Å². The smallest absolute Gasteiger partial charge is 0.326 e. The Hall–Kier alpha value is -2.24. The van der Waals surface area contributed by atoms with E-state index in [1.807, 2.05) is 35.5 Å². The van der Waals surface area contributed by atoms with Crippen molar-refractivity contribution in [3.8, 4) is 11.3 Å². The Bertz CT molecular complexity index is 957. The number of pyridine rings is 1. The number of nitrogens with zero attached hydrogens (tertiary/aromatic N) is 2. The Balaban J connectivity index is 1.99. The molecular formula is C18H15Cl2N3O2. The molecule has 5 nitrogen and oxygen atoms in total. The van der Waals surface area contributed by atoms with E-state index < -0.39 is 12.0 Å². The zero-order valence-corrected chi connectivity index (χ0v) is 14.7. The van der Waals surface area contributed by atoms with E-state index in [1.165, 1.54) is 0 Å². The lowest BCUT2D eigenvalue weighted by Gasteiger charge is -2.26. The van der Waals surface area contributed by atoms with Crippen molar-refractivity contribution in [3.63, 3.8) is 0 Å². The summed E-state index contributed by atoms with van der Waals surface area (Å²) in [6.07, 6.45) is 5.12. The zero-order chi connectivity index (χ0) is 17.6. The maximum Gasteiger partial charge on any atom is 0.326 e. The fourth-order valence-corrected chi connectivity index (χ4v) is 3.76. The minimum absolute atomic E-state index is 0.379. The molecule has 0 amide bonds. The number of carbonyl (C=O) groups is 1. The number of anilines is 1. The van der Waals surface area contributed by atoms with Crippen molar-refractivity contribution in [1.82, 2.24) is 9.97 Å². The van der Waals surface area contributed by atoms with Crippen LogP contribution in [0.5, 0.6) is 0 Å². The Morgan fingerprint density at radius 3 is 2.88 bits per heavy atom. The van der Waals surface area contributed by atoms with Crippen LogP contribution in [0.1, 0.15) is 12.8 Å². The maximum absolute atomic E-state index is 11.6. The van der Waals surface area contributed by atoms with Crippen molar-refractivity contribution in [2.24, 2.45) is 0 Å². The SMILES string of the molecule is O=C(O)[C@H]1CCCN1c1cc(-c2cc[nH]c2)nc2c(Cl)c(Cl)ccc12. The molecule has 3 heterocycles. The van der Waals surface area contributed by atoms with Gasteiger partial charge in [-0.3, -0.25) is 0 Å². The molecule has 1 atom stereocenters. The number of hydrogen-bond donors (Lipinski definition) is 2. The lowest BCUT2D eigenvalue weighted by Crippen LogP contribution is -2.36. The van der Waals surface area contributed by atoms with Gasteiger partial charge in [0.15, 0.2) is 0 Å². The van der Waals surface area contributed by atoms with Gasteiger partial charge in [-0.25, -0.2) is 9.78 Å². The summed E-state index contributed by atoms with van der Waals surface area (Å²) in [4.78, 5) is 21.3. The summed E-state index contributed by atoms with van der Waals surface area (Å²) in [5, 5.41) is 11.2. The van der Waals surface area contributed by atoms with Crippen LogP contribution in [0.2, 0.25) is 10.0 Å². The summed E-state index contributed by atoms with van der Waals surface area (Å²) < 4.78 is 0. The monoisotopic (exact) mass is 375 g/mol. The molecule has 1 fully saturated rings. The highest BCUT2D eigenvalue weighted by molar-refractivity contribution is 6.45. The molecule has 1 aliphatic heterocycles. The maximum atomic E-state index is 11.6. The predicted octanol–water partition coefficient (Wildman–Crippen LogP) is 4.59. The van der Waals surface area contributed by atoms with Crippen molar-refractivity contribution in [2.45, 2.75) is 18.9 Å². The largest absolute Gasteiger partial charge is 0.480 e. The van der Waals surface area contributed by atoms with Crippen LogP contribution in [-0.4, -0.2) is 33.6 Å². The lowest BCUT2D eigenvalue weighted by molar-refractivity contribution is -0.138. The Morgan fingerprint density at radius 1 is 1.32 bits per heavy atom. The summed E-state index contributed by atoms with van der Waals surface area (Å²) in [7, 11) is 0. The molecule has 0 spiro atoms. The van der Waals surface area contributed by atoms with Crippen molar-refractivity contribution in [2.75, 3.05) is 11.4 Å². The third-order valence-electron chi connectivity index (χ3n) is 4.59. The van der Waals surface area contributed by atoms with Crippen LogP contribution in [0.25, 0.3) is 22.2 Å². The molecule has 0 unspecified atom stereocenters. The second kappa shape index (κ2) is 6.24. The van der Waals surface area contributed by atoms with Gasteiger partial charge in [0.1, 0.15) is 6.04 Å². The molecule has 25 heavy (non-hydrogen) atoms. The first-order valence-corrected chi connectivity index (χ1v) is 8.73. The van der Waals surface area contributed by atoms with E-state index in [0.717, 1.165) is 28.8 Å². The number of hydrogen-bond acceptors (Lipinski definition) is 3. The highest BCUT2D eigenvalue weighted by Crippen LogP contribution is 2.39. The predicted molar refractivity (Wildman–Crippen MR) is 99.6 cm³/mol. The van der Waals surface area contributed by atoms with E-state index in [4.69, 9.17) is 23.2 Å². The van der Waals surface area contributed by atoms with Gasteiger partial charge in [-0.05, 0) is 37.1 Å². The van der Waals surface area contributed by atoms with Crippen LogP contribution < -0.4 is 4.90 Å². The van der Waals surface area contributed by atoms with Crippen molar-refractivity contribution in [1.29, 1.82) is 0 Å². The normalized spacial score (nSPS) is 17.4. The van der Waals surface area contributed by atoms with Crippen LogP contribution in [0.3, 0.4) is 0 Å². The van der Waals surface area contributed by atoms with Gasteiger partial charge in [-0.15, -0.1) is 0 Å². The summed E-state index contributed by atoms with van der Waals surface area (Å²) >= 11 is 12.6. The van der Waals surface area contributed by atoms with E-state index in [9.17, 15) is 9.90 Å². The molecule has 1 aromatic carbocycles. The highest BCUT2D eigenvalue weighted by Gasteiger charge is 2.32. The van der Waals surface area contributed by atoms with Gasteiger partial charge in [0, 0.05) is 35.6 Å². The number of nitrogens with one attached hydrogen (secondary N) is 1. The summed E-state index contributed by atoms with van der Waals surface area (Å²) in [5.41, 5.74) is 3.04. The van der Waals surface area contributed by atoms with Gasteiger partial charge in [0.25, 0.3) is 0 Å². The topological polar surface area (TPSA) is 69.2 Å². The van der Waals surface area contributed by atoms with E-state index in [1.54, 1.807) is 6.07 Å². The minimum Gasteiger partial charge on any atom is -0.480 e. The Labute approximate surface area is 154 Å². The summed E-state index contributed by atoms with van der Waals surface area (Å²) in [5.74, 6) is -0.814. The molecule has 2 N–H and O–H groups in total. The first-order chi connectivity index (χ1) is 12.1. The number of fused-ring (bicyclic) bond motifs is 1. The minimum atomic E-state index is -0.814. The molecule has 0 radical (unpaired) electrons. The number of aliphatic carboxylic acids is 1. The van der Waals surface area contributed by atoms with Crippen molar-refractivity contribution in [3.05, 3.63) is 46.7 Å². The molecule has 128 valence electrons. The van der Waals surface area contributed by atoms with Crippen LogP contribution in [0, 0.1) is 0 Å². The van der Waals surface area contributed by atoms with Crippen LogP contribution in [0.4, 0.5) is 5.69 Å². The molecule has 7 heteroatoms. The zero-order valence-electron chi connectivity index (χ0n) is 13.2. The number of halogens is 2. The summed E-state index contributed by atoms with van der Waals surface area (Å²) in [6, 6.07) is 6.87. The van der Waals surface area contributed by atoms with Gasteiger partial charge >= 0.3 is 5.97 Å². The number of carboxylic acid groups (broad SMARTS) is 1. The van der Waals surface area contributed by atoms with Gasteiger partial charge in [0.2, 0.25) is 0 Å². The van der Waals surface area contributed by atoms with Crippen molar-refractivity contribution < 1.29 is 9.90 Å². The van der Waals surface area contributed by atoms with E-state index in [0.29, 0.717) is 28.5 Å². The van der Waals surface area contributed by atoms with Crippen molar-refractivity contribution >= 4 is 45.8 Å². The average molecular weight is 376 g/mol. The summed E-state index contributed by atoms with van der Waals surface area (Å²) in [6.45, 7) is 0.683. The second-order valence-corrected chi connectivity index (χ2v) is 6.86. The number of carboxylic acids is 1. The first kappa shape index (κ1) is 16.2. The quantitative estimate of drug-likeness (QED) is 0.702. The third-order valence-corrected chi connectivity index (χ3v) is 5.39. The van der Waals surface area contributed by atoms with Crippen LogP contribution in [0.15, 0.2) is 36.7 Å². The first-order valence-electron chi connectivity index (χ1n) is 7.97. The standard InChI is InChI=1S/C18H15Cl2N3O2/c19-12-4-3-11-15(23-7-1-2-14(23)18(24)25)8-13(10-5-6-21-9-10)22-17(11)16(12)20/h3-6,8-9,14,21H,1-2,7H2,(H,24,25)/t14-/m1/s1. The molecule has 2 aromatic heterocycles. The van der Waals surface area contributed by atoms with Gasteiger partial charge < -0.3 is 15.0 Å². The Morgan fingerprint density at radius 2 is 2.16 bits per heavy atom. The van der Waals surface area contributed by atoms with Gasteiger partial charge in [-0.2, -0.15) is 0 Å². The van der Waals surface area contributed by atoms with E-state index in [2.05, 4.69) is 9.97 Å². The fraction of sp³-hybridized carbons (Fsp3) is 0.222. The number of benzene rings is 1. The molecule has 1 saturated heterocycles. The van der Waals surface area contributed by atoms with Crippen LogP contribution >= 0.6 is 23.2 Å². The molecule has 3 aromatic rings. The average Bonchev–Trinajstić information content (AvgIpc) is 3.28. The number of rotatable bonds is 3. The van der Waals surface area contributed by atoms with Crippen LogP contribution in [-0.2, 0) is 4.79 Å². The highest BCUT2D eigenvalue weighted by atomic mass is 35.5. The number of H-pyrrole nitrogens is 1.